The summed E-state index contributed by atoms with van der Waals surface area (Å²) < 4.78 is 22.1. The van der Waals surface area contributed by atoms with Crippen LogP contribution >= 0.6 is 0 Å². The molecule has 2 saturated heterocycles. The molecule has 3 unspecified atom stereocenters. The summed E-state index contributed by atoms with van der Waals surface area (Å²) >= 11 is 0. The molecule has 0 aromatic heterocycles. The molecular formula is C17H31NO5. The first kappa shape index (κ1) is 18.6. The van der Waals surface area contributed by atoms with Crippen LogP contribution in [0.5, 0.6) is 0 Å². The zero-order valence-electron chi connectivity index (χ0n) is 14.5. The summed E-state index contributed by atoms with van der Waals surface area (Å²) in [5, 5.41) is 0. The molecule has 6 heteroatoms. The fourth-order valence-corrected chi connectivity index (χ4v) is 2.79. The quantitative estimate of drug-likeness (QED) is 0.509. The summed E-state index contributed by atoms with van der Waals surface area (Å²) in [5.74, 6) is 0.0796. The van der Waals surface area contributed by atoms with Gasteiger partial charge in [0.15, 0.2) is 0 Å². The van der Waals surface area contributed by atoms with Crippen molar-refractivity contribution in [2.45, 2.75) is 57.8 Å². The second kappa shape index (κ2) is 10.2. The lowest BCUT2D eigenvalue weighted by Crippen LogP contribution is -2.36. The van der Waals surface area contributed by atoms with E-state index in [1.807, 2.05) is 4.90 Å². The van der Waals surface area contributed by atoms with Gasteiger partial charge in [-0.1, -0.05) is 13.8 Å². The van der Waals surface area contributed by atoms with Gasteiger partial charge in [0.1, 0.15) is 12.7 Å². The molecule has 2 rings (SSSR count). The first-order valence-corrected chi connectivity index (χ1v) is 8.93. The predicted octanol–water partition coefficient (Wildman–Crippen LogP) is 1.61. The van der Waals surface area contributed by atoms with E-state index in [4.69, 9.17) is 18.9 Å². The van der Waals surface area contributed by atoms with Gasteiger partial charge in [-0.2, -0.15) is 0 Å². The van der Waals surface area contributed by atoms with Gasteiger partial charge in [0.2, 0.25) is 5.91 Å². The highest BCUT2D eigenvalue weighted by Gasteiger charge is 2.27. The number of rotatable bonds is 12. The molecule has 0 N–H and O–H groups in total. The van der Waals surface area contributed by atoms with Crippen molar-refractivity contribution in [3.8, 4) is 0 Å². The van der Waals surface area contributed by atoms with Crippen LogP contribution in [0, 0.1) is 0 Å². The normalized spacial score (nSPS) is 26.4. The standard InChI is InChI=1S/C17H31NO5/c1-3-7-18(8-4-2)17(19)13-21-10-15-6-5-14(23-15)9-20-11-16-12-22-16/h14-16H,3-13H2,1-2H3. The van der Waals surface area contributed by atoms with E-state index in [0.717, 1.165) is 45.4 Å². The van der Waals surface area contributed by atoms with Crippen LogP contribution in [0.4, 0.5) is 0 Å². The zero-order valence-corrected chi connectivity index (χ0v) is 14.5. The number of hydrogen-bond donors (Lipinski definition) is 0. The van der Waals surface area contributed by atoms with E-state index >= 15 is 0 Å². The molecule has 0 spiro atoms. The van der Waals surface area contributed by atoms with Crippen molar-refractivity contribution in [3.05, 3.63) is 0 Å². The second-order valence-corrected chi connectivity index (χ2v) is 6.35. The van der Waals surface area contributed by atoms with Crippen molar-refractivity contribution >= 4 is 5.91 Å². The lowest BCUT2D eigenvalue weighted by atomic mass is 10.2. The number of hydrogen-bond acceptors (Lipinski definition) is 5. The Morgan fingerprint density at radius 3 is 2.13 bits per heavy atom. The maximum atomic E-state index is 12.1. The van der Waals surface area contributed by atoms with Crippen molar-refractivity contribution < 1.29 is 23.7 Å². The highest BCUT2D eigenvalue weighted by Crippen LogP contribution is 2.20. The Hall–Kier alpha value is -0.690. The molecule has 3 atom stereocenters. The summed E-state index contributed by atoms with van der Waals surface area (Å²) in [4.78, 5) is 14.0. The largest absolute Gasteiger partial charge is 0.376 e. The van der Waals surface area contributed by atoms with Gasteiger partial charge in [0, 0.05) is 13.1 Å². The Bertz CT molecular complexity index is 342. The highest BCUT2D eigenvalue weighted by atomic mass is 16.6. The molecule has 1 amide bonds. The van der Waals surface area contributed by atoms with Crippen molar-refractivity contribution in [1.29, 1.82) is 0 Å². The molecule has 0 aromatic rings. The number of ether oxygens (including phenoxy) is 4. The SMILES string of the molecule is CCCN(CCC)C(=O)COCC1CCC(COCC2CO2)O1. The van der Waals surface area contributed by atoms with Crippen molar-refractivity contribution in [2.24, 2.45) is 0 Å². The van der Waals surface area contributed by atoms with Crippen LogP contribution in [0.1, 0.15) is 39.5 Å². The van der Waals surface area contributed by atoms with Crippen LogP contribution in [0.15, 0.2) is 0 Å². The molecular weight excluding hydrogens is 298 g/mol. The van der Waals surface area contributed by atoms with Gasteiger partial charge < -0.3 is 23.8 Å². The van der Waals surface area contributed by atoms with E-state index in [0.29, 0.717) is 25.9 Å². The first-order chi connectivity index (χ1) is 11.2. The first-order valence-electron chi connectivity index (χ1n) is 8.93. The molecule has 0 radical (unpaired) electrons. The monoisotopic (exact) mass is 329 g/mol. The van der Waals surface area contributed by atoms with Gasteiger partial charge in [0.05, 0.1) is 38.6 Å². The number of carbonyl (C=O) groups excluding carboxylic acids is 1. The van der Waals surface area contributed by atoms with Gasteiger partial charge in [-0.3, -0.25) is 4.79 Å². The number of nitrogens with zero attached hydrogens (tertiary/aromatic N) is 1. The molecule has 0 aliphatic carbocycles. The summed E-state index contributed by atoms with van der Waals surface area (Å²) in [7, 11) is 0. The van der Waals surface area contributed by atoms with E-state index in [1.165, 1.54) is 0 Å². The van der Waals surface area contributed by atoms with Gasteiger partial charge in [-0.05, 0) is 25.7 Å². The Morgan fingerprint density at radius 2 is 1.57 bits per heavy atom. The second-order valence-electron chi connectivity index (χ2n) is 6.35. The third-order valence-corrected chi connectivity index (χ3v) is 4.07. The van der Waals surface area contributed by atoms with E-state index in [-0.39, 0.29) is 24.7 Å². The third-order valence-electron chi connectivity index (χ3n) is 4.07. The van der Waals surface area contributed by atoms with E-state index in [9.17, 15) is 4.79 Å². The average molecular weight is 329 g/mol. The van der Waals surface area contributed by atoms with Crippen LogP contribution in [0.25, 0.3) is 0 Å². The Balaban J connectivity index is 1.54. The zero-order chi connectivity index (χ0) is 16.5. The maximum absolute atomic E-state index is 12.1. The summed E-state index contributed by atoms with van der Waals surface area (Å²) in [6.07, 6.45) is 4.45. The molecule has 134 valence electrons. The van der Waals surface area contributed by atoms with Crippen molar-refractivity contribution in [2.75, 3.05) is 46.1 Å². The molecule has 2 aliphatic rings. The third kappa shape index (κ3) is 7.16. The number of carbonyl (C=O) groups is 1. The molecule has 6 nitrogen and oxygen atoms in total. The molecule has 23 heavy (non-hydrogen) atoms. The Morgan fingerprint density at radius 1 is 1.00 bits per heavy atom. The number of amides is 1. The van der Waals surface area contributed by atoms with Crippen molar-refractivity contribution in [3.63, 3.8) is 0 Å². The molecule has 0 bridgehead atoms. The molecule has 0 saturated carbocycles. The summed E-state index contributed by atoms with van der Waals surface area (Å²) in [5.41, 5.74) is 0. The van der Waals surface area contributed by atoms with Crippen LogP contribution in [-0.4, -0.2) is 75.2 Å². The van der Waals surface area contributed by atoms with Gasteiger partial charge in [0.25, 0.3) is 0 Å². The highest BCUT2D eigenvalue weighted by molar-refractivity contribution is 5.77. The Kier molecular flexibility index (Phi) is 8.30. The fraction of sp³-hybridized carbons (Fsp3) is 0.941. The van der Waals surface area contributed by atoms with Gasteiger partial charge in [-0.25, -0.2) is 0 Å². The molecule has 2 aliphatic heterocycles. The fourth-order valence-electron chi connectivity index (χ4n) is 2.79. The van der Waals surface area contributed by atoms with Crippen LogP contribution < -0.4 is 0 Å². The summed E-state index contributed by atoms with van der Waals surface area (Å²) in [6.45, 7) is 8.53. The van der Waals surface area contributed by atoms with Crippen molar-refractivity contribution in [1.82, 2.24) is 4.90 Å². The van der Waals surface area contributed by atoms with Crippen LogP contribution in [0.3, 0.4) is 0 Å². The topological polar surface area (TPSA) is 60.5 Å². The smallest absolute Gasteiger partial charge is 0.248 e. The maximum Gasteiger partial charge on any atom is 0.248 e. The molecule has 2 heterocycles. The summed E-state index contributed by atoms with van der Waals surface area (Å²) in [6, 6.07) is 0. The lowest BCUT2D eigenvalue weighted by molar-refractivity contribution is -0.137. The minimum atomic E-state index is 0.0796. The van der Waals surface area contributed by atoms with Gasteiger partial charge in [-0.15, -0.1) is 0 Å². The van der Waals surface area contributed by atoms with E-state index < -0.39 is 0 Å². The number of epoxide rings is 1. The van der Waals surface area contributed by atoms with E-state index in [1.54, 1.807) is 0 Å². The Labute approximate surface area is 139 Å². The van der Waals surface area contributed by atoms with Gasteiger partial charge >= 0.3 is 0 Å². The minimum Gasteiger partial charge on any atom is -0.376 e. The molecule has 0 aromatic carbocycles. The van der Waals surface area contributed by atoms with Crippen LogP contribution in [0.2, 0.25) is 0 Å². The van der Waals surface area contributed by atoms with Crippen LogP contribution in [-0.2, 0) is 23.7 Å². The lowest BCUT2D eigenvalue weighted by Gasteiger charge is -2.21. The van der Waals surface area contributed by atoms with E-state index in [2.05, 4.69) is 13.8 Å². The predicted molar refractivity (Wildman–Crippen MR) is 86.4 cm³/mol. The average Bonchev–Trinajstić information content (AvgIpc) is 3.25. The molecule has 2 fully saturated rings. The minimum absolute atomic E-state index is 0.0796.